The van der Waals surface area contributed by atoms with E-state index in [0.29, 0.717) is 28.9 Å². The highest BCUT2D eigenvalue weighted by molar-refractivity contribution is 7.94. The van der Waals surface area contributed by atoms with Gasteiger partial charge in [-0.1, -0.05) is 0 Å². The second-order valence-electron chi connectivity index (χ2n) is 4.71. The number of hydrogen-bond acceptors (Lipinski definition) is 5. The largest absolute Gasteiger partial charge is 0.474 e. The molecule has 2 aromatic heterocycles. The van der Waals surface area contributed by atoms with Crippen LogP contribution in [0.15, 0.2) is 27.9 Å². The number of hydrogen-bond donors (Lipinski definition) is 0. The van der Waals surface area contributed by atoms with Gasteiger partial charge in [-0.05, 0) is 42.5 Å². The number of aromatic nitrogens is 1. The zero-order chi connectivity index (χ0) is 14.3. The number of thiophene rings is 1. The van der Waals surface area contributed by atoms with E-state index >= 15 is 0 Å². The number of anilines is 1. The molecule has 1 aliphatic rings. The van der Waals surface area contributed by atoms with Gasteiger partial charge in [-0.3, -0.25) is 4.31 Å². The summed E-state index contributed by atoms with van der Waals surface area (Å²) in [6.45, 7) is 4.38. The highest BCUT2D eigenvalue weighted by atomic mass is 32.2. The molecule has 0 amide bonds. The van der Waals surface area contributed by atoms with Crippen LogP contribution in [0.1, 0.15) is 11.1 Å². The number of sulfonamides is 1. The molecule has 0 unspecified atom stereocenters. The maximum atomic E-state index is 12.7. The molecule has 0 bridgehead atoms. The van der Waals surface area contributed by atoms with Crippen molar-refractivity contribution in [3.63, 3.8) is 0 Å². The summed E-state index contributed by atoms with van der Waals surface area (Å²) >= 11 is 1.24. The van der Waals surface area contributed by atoms with Gasteiger partial charge in [0.05, 0.1) is 6.54 Å². The average Bonchev–Trinajstić information content (AvgIpc) is 2.85. The molecule has 1 aliphatic heterocycles. The van der Waals surface area contributed by atoms with Gasteiger partial charge in [0.25, 0.3) is 10.0 Å². The molecule has 0 aliphatic carbocycles. The van der Waals surface area contributed by atoms with Gasteiger partial charge in [-0.25, -0.2) is 13.4 Å². The zero-order valence-electron chi connectivity index (χ0n) is 11.2. The van der Waals surface area contributed by atoms with Gasteiger partial charge in [-0.15, -0.1) is 11.3 Å². The fourth-order valence-electron chi connectivity index (χ4n) is 2.08. The van der Waals surface area contributed by atoms with Gasteiger partial charge in [0.15, 0.2) is 0 Å². The summed E-state index contributed by atoms with van der Waals surface area (Å²) in [5.74, 6) is 0.374. The summed E-state index contributed by atoms with van der Waals surface area (Å²) in [4.78, 5) is 4.16. The third kappa shape index (κ3) is 2.16. The summed E-state index contributed by atoms with van der Waals surface area (Å²) in [6, 6.07) is 3.48. The van der Waals surface area contributed by atoms with E-state index in [0.717, 1.165) is 11.1 Å². The third-order valence-corrected chi connectivity index (χ3v) is 6.37. The van der Waals surface area contributed by atoms with Crippen LogP contribution < -0.4 is 9.04 Å². The first-order valence-corrected chi connectivity index (χ1v) is 8.48. The van der Waals surface area contributed by atoms with Gasteiger partial charge in [0, 0.05) is 6.20 Å². The predicted molar refractivity (Wildman–Crippen MR) is 78.1 cm³/mol. The van der Waals surface area contributed by atoms with Crippen molar-refractivity contribution in [2.75, 3.05) is 17.5 Å². The second-order valence-corrected chi connectivity index (χ2v) is 7.71. The van der Waals surface area contributed by atoms with Crippen LogP contribution in [0.2, 0.25) is 0 Å². The molecule has 20 heavy (non-hydrogen) atoms. The Labute approximate surface area is 121 Å². The van der Waals surface area contributed by atoms with E-state index in [2.05, 4.69) is 4.98 Å². The van der Waals surface area contributed by atoms with Gasteiger partial charge >= 0.3 is 0 Å². The quantitative estimate of drug-likeness (QED) is 0.854. The lowest BCUT2D eigenvalue weighted by molar-refractivity contribution is 0.303. The SMILES string of the molecule is Cc1csc(S(=O)(=O)N2CCOc3ncc(C)cc32)c1. The smallest absolute Gasteiger partial charge is 0.274 e. The molecule has 5 nitrogen and oxygen atoms in total. The van der Waals surface area contributed by atoms with Crippen molar-refractivity contribution in [2.24, 2.45) is 0 Å². The van der Waals surface area contributed by atoms with Gasteiger partial charge in [0.1, 0.15) is 16.5 Å². The maximum absolute atomic E-state index is 12.7. The number of aryl methyl sites for hydroxylation is 2. The fraction of sp³-hybridized carbons (Fsp3) is 0.308. The highest BCUT2D eigenvalue weighted by Crippen LogP contribution is 2.35. The van der Waals surface area contributed by atoms with E-state index < -0.39 is 10.0 Å². The zero-order valence-corrected chi connectivity index (χ0v) is 12.8. The van der Waals surface area contributed by atoms with E-state index in [4.69, 9.17) is 4.74 Å². The number of pyridine rings is 1. The Kier molecular flexibility index (Phi) is 3.18. The summed E-state index contributed by atoms with van der Waals surface area (Å²) in [5.41, 5.74) is 2.36. The molecular formula is C13H14N2O3S2. The molecule has 0 fully saturated rings. The van der Waals surface area contributed by atoms with Gasteiger partial charge in [0.2, 0.25) is 5.88 Å². The van der Waals surface area contributed by atoms with E-state index in [-0.39, 0.29) is 0 Å². The first kappa shape index (κ1) is 13.4. The van der Waals surface area contributed by atoms with Crippen molar-refractivity contribution in [3.8, 4) is 5.88 Å². The molecule has 0 aromatic carbocycles. The van der Waals surface area contributed by atoms with Crippen molar-refractivity contribution in [3.05, 3.63) is 34.8 Å². The Balaban J connectivity index is 2.10. The van der Waals surface area contributed by atoms with Gasteiger partial charge in [-0.2, -0.15) is 0 Å². The Morgan fingerprint density at radius 1 is 1.30 bits per heavy atom. The molecule has 3 heterocycles. The molecule has 3 rings (SSSR count). The van der Waals surface area contributed by atoms with Crippen molar-refractivity contribution < 1.29 is 13.2 Å². The minimum absolute atomic E-state index is 0.303. The van der Waals surface area contributed by atoms with Crippen LogP contribution in [0.3, 0.4) is 0 Å². The molecule has 0 saturated carbocycles. The van der Waals surface area contributed by atoms with Crippen molar-refractivity contribution in [2.45, 2.75) is 18.1 Å². The lowest BCUT2D eigenvalue weighted by Crippen LogP contribution is -2.37. The molecular weight excluding hydrogens is 296 g/mol. The van der Waals surface area contributed by atoms with Crippen LogP contribution in [0.5, 0.6) is 5.88 Å². The van der Waals surface area contributed by atoms with E-state index in [9.17, 15) is 8.42 Å². The molecule has 7 heteroatoms. The minimum Gasteiger partial charge on any atom is -0.474 e. The van der Waals surface area contributed by atoms with E-state index in [1.807, 2.05) is 19.2 Å². The first-order valence-electron chi connectivity index (χ1n) is 6.16. The Hall–Kier alpha value is -1.60. The highest BCUT2D eigenvalue weighted by Gasteiger charge is 2.31. The van der Waals surface area contributed by atoms with Crippen LogP contribution in [-0.2, 0) is 10.0 Å². The topological polar surface area (TPSA) is 59.5 Å². The van der Waals surface area contributed by atoms with E-state index in [1.165, 1.54) is 15.6 Å². The van der Waals surface area contributed by atoms with Crippen molar-refractivity contribution in [1.82, 2.24) is 4.98 Å². The summed E-state index contributed by atoms with van der Waals surface area (Å²) < 4.78 is 32.6. The molecule has 0 N–H and O–H groups in total. The Morgan fingerprint density at radius 3 is 2.80 bits per heavy atom. The summed E-state index contributed by atoms with van der Waals surface area (Å²) in [6.07, 6.45) is 1.67. The average molecular weight is 310 g/mol. The first-order chi connectivity index (χ1) is 9.48. The predicted octanol–water partition coefficient (Wildman–Crippen LogP) is 2.35. The van der Waals surface area contributed by atoms with Crippen LogP contribution in [-0.4, -0.2) is 26.6 Å². The van der Waals surface area contributed by atoms with E-state index in [1.54, 1.807) is 18.3 Å². The monoisotopic (exact) mass is 310 g/mol. The van der Waals surface area contributed by atoms with Crippen LogP contribution in [0.25, 0.3) is 0 Å². The van der Waals surface area contributed by atoms with Crippen molar-refractivity contribution in [1.29, 1.82) is 0 Å². The van der Waals surface area contributed by atoms with Crippen LogP contribution in [0.4, 0.5) is 5.69 Å². The molecule has 0 saturated heterocycles. The lowest BCUT2D eigenvalue weighted by atomic mass is 10.3. The molecule has 0 atom stereocenters. The Morgan fingerprint density at radius 2 is 2.10 bits per heavy atom. The molecule has 2 aromatic rings. The number of rotatable bonds is 2. The standard InChI is InChI=1S/C13H14N2O3S2/c1-9-5-11-13(14-7-9)18-4-3-15(11)20(16,17)12-6-10(2)8-19-12/h5-8H,3-4H2,1-2H3. The van der Waals surface area contributed by atoms with Crippen LogP contribution >= 0.6 is 11.3 Å². The maximum Gasteiger partial charge on any atom is 0.274 e. The molecule has 0 radical (unpaired) electrons. The van der Waals surface area contributed by atoms with Crippen LogP contribution in [0, 0.1) is 13.8 Å². The van der Waals surface area contributed by atoms with Gasteiger partial charge < -0.3 is 4.74 Å². The lowest BCUT2D eigenvalue weighted by Gasteiger charge is -2.29. The summed E-state index contributed by atoms with van der Waals surface area (Å²) in [7, 11) is -3.54. The number of ether oxygens (including phenoxy) is 1. The van der Waals surface area contributed by atoms with Crippen molar-refractivity contribution >= 4 is 27.0 Å². The Bertz CT molecular complexity index is 753. The number of nitrogens with zero attached hydrogens (tertiary/aromatic N) is 2. The third-order valence-electron chi connectivity index (χ3n) is 3.02. The number of fused-ring (bicyclic) bond motifs is 1. The fourth-order valence-corrected chi connectivity index (χ4v) is 4.86. The normalized spacial score (nSPS) is 14.8. The summed E-state index contributed by atoms with van der Waals surface area (Å²) in [5, 5.41) is 1.84. The minimum atomic E-state index is -3.54. The molecule has 0 spiro atoms. The molecule has 106 valence electrons. The second kappa shape index (κ2) is 4.75.